The number of rotatable bonds is 2. The van der Waals surface area contributed by atoms with Crippen LogP contribution in [-0.2, 0) is 9.59 Å². The quantitative estimate of drug-likeness (QED) is 0.644. The highest BCUT2D eigenvalue weighted by Gasteiger charge is 2.77. The van der Waals surface area contributed by atoms with E-state index in [1.54, 1.807) is 20.8 Å². The lowest BCUT2D eigenvalue weighted by atomic mass is 9.41. The number of aliphatic hydroxyl groups is 3. The van der Waals surface area contributed by atoms with E-state index in [0.29, 0.717) is 6.42 Å². The van der Waals surface area contributed by atoms with Crippen molar-refractivity contribution in [3.05, 3.63) is 0 Å². The van der Waals surface area contributed by atoms with Gasteiger partial charge in [0.1, 0.15) is 29.8 Å². The van der Waals surface area contributed by atoms with E-state index in [2.05, 4.69) is 0 Å². The molecule has 5 nitrogen and oxygen atoms in total. The van der Waals surface area contributed by atoms with Gasteiger partial charge in [-0.05, 0) is 37.5 Å². The summed E-state index contributed by atoms with van der Waals surface area (Å²) in [5.74, 6) is -3.45. The van der Waals surface area contributed by atoms with Gasteiger partial charge in [0.15, 0.2) is 5.78 Å². The van der Waals surface area contributed by atoms with Crippen molar-refractivity contribution in [1.29, 1.82) is 0 Å². The predicted molar refractivity (Wildman–Crippen MR) is 100 cm³/mol. The lowest BCUT2D eigenvalue weighted by Crippen LogP contribution is -2.72. The van der Waals surface area contributed by atoms with Crippen LogP contribution in [0.4, 0.5) is 8.78 Å². The van der Waals surface area contributed by atoms with Crippen LogP contribution in [0.25, 0.3) is 0 Å². The number of ketones is 2. The molecule has 3 N–H and O–H groups in total. The molecule has 164 valence electrons. The van der Waals surface area contributed by atoms with Gasteiger partial charge in [0.2, 0.25) is 0 Å². The molecule has 0 aromatic heterocycles. The van der Waals surface area contributed by atoms with Crippen molar-refractivity contribution < 1.29 is 33.7 Å². The summed E-state index contributed by atoms with van der Waals surface area (Å²) in [7, 11) is 0. The van der Waals surface area contributed by atoms with Crippen LogP contribution in [0.1, 0.15) is 59.3 Å². The van der Waals surface area contributed by atoms with Crippen LogP contribution in [0, 0.1) is 34.5 Å². The second kappa shape index (κ2) is 6.30. The molecule has 0 bridgehead atoms. The molecule has 4 rings (SSSR count). The SMILES string of the molecule is CC1C[C@H]2[C@@H]3CC(F)C4CC(=O)CC[C@]4(C)[C@@]3(F)C(O)C[C@]2(C)[C@@]1(O)C(=O)CO. The molecular weight excluding hydrogens is 382 g/mol. The number of aliphatic hydroxyl groups excluding tert-OH is 2. The Balaban J connectivity index is 1.82. The van der Waals surface area contributed by atoms with Gasteiger partial charge in [0, 0.05) is 35.5 Å². The van der Waals surface area contributed by atoms with Gasteiger partial charge < -0.3 is 15.3 Å². The molecule has 4 unspecified atom stereocenters. The minimum atomic E-state index is -2.08. The van der Waals surface area contributed by atoms with Gasteiger partial charge in [0.05, 0.1) is 6.10 Å². The second-order valence-corrected chi connectivity index (χ2v) is 10.6. The maximum absolute atomic E-state index is 17.0. The van der Waals surface area contributed by atoms with Crippen molar-refractivity contribution in [3.8, 4) is 0 Å². The molecule has 0 aliphatic heterocycles. The summed E-state index contributed by atoms with van der Waals surface area (Å²) < 4.78 is 32.3. The molecule has 4 fully saturated rings. The Morgan fingerprint density at radius 3 is 2.45 bits per heavy atom. The molecule has 29 heavy (non-hydrogen) atoms. The summed E-state index contributed by atoms with van der Waals surface area (Å²) in [5.41, 5.74) is -6.30. The number of hydrogen-bond donors (Lipinski definition) is 3. The summed E-state index contributed by atoms with van der Waals surface area (Å²) in [5, 5.41) is 32.0. The normalized spacial score (nSPS) is 57.0. The van der Waals surface area contributed by atoms with E-state index < -0.39 is 70.4 Å². The third kappa shape index (κ3) is 2.30. The molecule has 0 spiro atoms. The topological polar surface area (TPSA) is 94.8 Å². The van der Waals surface area contributed by atoms with Crippen molar-refractivity contribution in [2.45, 2.75) is 82.8 Å². The first kappa shape index (κ1) is 21.3. The fourth-order valence-corrected chi connectivity index (χ4v) is 8.08. The van der Waals surface area contributed by atoms with Crippen LogP contribution < -0.4 is 0 Å². The molecular formula is C22H32F2O5. The second-order valence-electron chi connectivity index (χ2n) is 10.6. The van der Waals surface area contributed by atoms with E-state index in [0.717, 1.165) is 0 Å². The molecule has 7 heteroatoms. The summed E-state index contributed by atoms with van der Waals surface area (Å²) in [6.45, 7) is 4.20. The van der Waals surface area contributed by atoms with Crippen LogP contribution in [0.5, 0.6) is 0 Å². The fraction of sp³-hybridized carbons (Fsp3) is 0.909. The Morgan fingerprint density at radius 2 is 1.83 bits per heavy atom. The first-order valence-electron chi connectivity index (χ1n) is 10.8. The van der Waals surface area contributed by atoms with Crippen molar-refractivity contribution in [2.75, 3.05) is 6.61 Å². The molecule has 0 aromatic rings. The van der Waals surface area contributed by atoms with Gasteiger partial charge in [-0.3, -0.25) is 9.59 Å². The van der Waals surface area contributed by atoms with E-state index in [4.69, 9.17) is 0 Å². The zero-order valence-corrected chi connectivity index (χ0v) is 17.3. The first-order valence-corrected chi connectivity index (χ1v) is 10.8. The molecule has 4 aliphatic rings. The van der Waals surface area contributed by atoms with Gasteiger partial charge in [-0.2, -0.15) is 0 Å². The van der Waals surface area contributed by atoms with E-state index >= 15 is 8.78 Å². The van der Waals surface area contributed by atoms with E-state index in [-0.39, 0.29) is 37.9 Å². The first-order chi connectivity index (χ1) is 13.4. The van der Waals surface area contributed by atoms with Crippen molar-refractivity contribution in [1.82, 2.24) is 0 Å². The number of Topliss-reactive ketones (excluding diaryl/α,β-unsaturated/α-hetero) is 2. The molecule has 10 atom stereocenters. The summed E-state index contributed by atoms with van der Waals surface area (Å²) in [6, 6.07) is 0. The zero-order chi connectivity index (χ0) is 21.6. The van der Waals surface area contributed by atoms with E-state index in [1.165, 1.54) is 0 Å². The highest BCUT2D eigenvalue weighted by molar-refractivity contribution is 5.90. The number of carbonyl (C=O) groups is 2. The number of alkyl halides is 2. The molecule has 0 aromatic carbocycles. The van der Waals surface area contributed by atoms with Crippen molar-refractivity contribution in [2.24, 2.45) is 34.5 Å². The number of carbonyl (C=O) groups excluding carboxylic acids is 2. The Labute approximate surface area is 169 Å². The summed E-state index contributed by atoms with van der Waals surface area (Å²) in [6.07, 6.45) is -2.42. The molecule has 0 amide bonds. The van der Waals surface area contributed by atoms with Gasteiger partial charge in [-0.15, -0.1) is 0 Å². The van der Waals surface area contributed by atoms with Gasteiger partial charge in [0.25, 0.3) is 0 Å². The lowest BCUT2D eigenvalue weighted by molar-refractivity contribution is -0.265. The van der Waals surface area contributed by atoms with Gasteiger partial charge in [-0.25, -0.2) is 8.78 Å². The predicted octanol–water partition coefficient (Wildman–Crippen LogP) is 2.15. The Kier molecular flexibility index (Phi) is 4.63. The average Bonchev–Trinajstić information content (AvgIpc) is 2.86. The van der Waals surface area contributed by atoms with E-state index in [9.17, 15) is 24.9 Å². The van der Waals surface area contributed by atoms with Crippen molar-refractivity contribution in [3.63, 3.8) is 0 Å². The smallest absolute Gasteiger partial charge is 0.190 e. The molecule has 4 saturated carbocycles. The number of hydrogen-bond acceptors (Lipinski definition) is 5. The van der Waals surface area contributed by atoms with Crippen LogP contribution in [0.15, 0.2) is 0 Å². The molecule has 0 radical (unpaired) electrons. The third-order valence-corrected chi connectivity index (χ3v) is 9.69. The largest absolute Gasteiger partial charge is 0.390 e. The summed E-state index contributed by atoms with van der Waals surface area (Å²) in [4.78, 5) is 24.5. The maximum Gasteiger partial charge on any atom is 0.190 e. The van der Waals surface area contributed by atoms with Crippen LogP contribution in [0.2, 0.25) is 0 Å². The lowest BCUT2D eigenvalue weighted by Gasteiger charge is -2.65. The zero-order valence-electron chi connectivity index (χ0n) is 17.3. The molecule has 4 aliphatic carbocycles. The Bertz CT molecular complexity index is 745. The van der Waals surface area contributed by atoms with Gasteiger partial charge >= 0.3 is 0 Å². The number of fused-ring (bicyclic) bond motifs is 5. The maximum atomic E-state index is 17.0. The minimum absolute atomic E-state index is 0.00590. The highest BCUT2D eigenvalue weighted by Crippen LogP contribution is 2.72. The third-order valence-electron chi connectivity index (χ3n) is 9.69. The van der Waals surface area contributed by atoms with Crippen molar-refractivity contribution >= 4 is 11.6 Å². The molecule has 0 saturated heterocycles. The molecule has 0 heterocycles. The van der Waals surface area contributed by atoms with E-state index in [1.807, 2.05) is 0 Å². The van der Waals surface area contributed by atoms with Crippen LogP contribution >= 0.6 is 0 Å². The Hall–Kier alpha value is -0.920. The van der Waals surface area contributed by atoms with Crippen LogP contribution in [0.3, 0.4) is 0 Å². The average molecular weight is 414 g/mol. The fourth-order valence-electron chi connectivity index (χ4n) is 8.08. The summed E-state index contributed by atoms with van der Waals surface area (Å²) >= 11 is 0. The monoisotopic (exact) mass is 414 g/mol. The van der Waals surface area contributed by atoms with Crippen LogP contribution in [-0.4, -0.2) is 57.0 Å². The standard InChI is InChI=1S/C22H32F2O5/c1-11-6-13-14-8-16(23)15-7-12(26)4-5-19(15,2)21(14,24)17(27)9-20(13,3)22(11,29)18(28)10-25/h11,13-17,25,27,29H,4-10H2,1-3H3/t11?,13-,14-,15?,16?,17?,19-,20-,21-,22-/m0/s1. The minimum Gasteiger partial charge on any atom is -0.390 e. The van der Waals surface area contributed by atoms with Gasteiger partial charge in [-0.1, -0.05) is 20.8 Å². The highest BCUT2D eigenvalue weighted by atomic mass is 19.1. The number of halogens is 2. The Morgan fingerprint density at radius 1 is 1.17 bits per heavy atom.